The van der Waals surface area contributed by atoms with Crippen LogP contribution >= 0.6 is 0 Å². The van der Waals surface area contributed by atoms with Gasteiger partial charge in [0.15, 0.2) is 5.71 Å². The first-order chi connectivity index (χ1) is 5.34. The highest BCUT2D eigenvalue weighted by Crippen LogP contribution is 2.21. The molecule has 0 aromatic heterocycles. The summed E-state index contributed by atoms with van der Waals surface area (Å²) in [6.45, 7) is 10.9. The summed E-state index contributed by atoms with van der Waals surface area (Å²) in [4.78, 5) is 4.63. The first-order valence-electron chi connectivity index (χ1n) is 4.49. The molecule has 68 valence electrons. The minimum Gasteiger partial charge on any atom is -0.215 e. The van der Waals surface area contributed by atoms with Gasteiger partial charge in [0.25, 0.3) is 0 Å². The van der Waals surface area contributed by atoms with Gasteiger partial charge in [0.05, 0.1) is 0 Å². The second kappa shape index (κ2) is 2.68. The Morgan fingerprint density at radius 1 is 1.33 bits per heavy atom. The molecule has 1 heterocycles. The Bertz CT molecular complexity index is 254. The molecule has 0 aromatic carbocycles. The first kappa shape index (κ1) is 9.43. The fraction of sp³-hybridized carbons (Fsp3) is 0.800. The molecule has 0 spiro atoms. The largest absolute Gasteiger partial charge is 0.242 e. The molecule has 0 amide bonds. The second-order valence-corrected chi connectivity index (χ2v) is 4.56. The molecule has 2 heteroatoms. The zero-order valence-corrected chi connectivity index (χ0v) is 8.97. The van der Waals surface area contributed by atoms with E-state index in [0.717, 1.165) is 0 Å². The van der Waals surface area contributed by atoms with Crippen LogP contribution < -0.4 is 0 Å². The molecule has 0 aromatic rings. The van der Waals surface area contributed by atoms with Crippen LogP contribution in [0.25, 0.3) is 0 Å². The molecule has 12 heavy (non-hydrogen) atoms. The Hall–Kier alpha value is -0.660. The third-order valence-electron chi connectivity index (χ3n) is 2.46. The molecule has 0 radical (unpaired) electrons. The van der Waals surface area contributed by atoms with Crippen molar-refractivity contribution in [2.24, 2.45) is 10.4 Å². The molecule has 0 saturated carbocycles. The third kappa shape index (κ3) is 1.43. The highest BCUT2D eigenvalue weighted by Gasteiger charge is 2.33. The molecular formula is C10H19N2+. The Labute approximate surface area is 75.0 Å². The lowest BCUT2D eigenvalue weighted by Gasteiger charge is -2.15. The average molecular weight is 167 g/mol. The van der Waals surface area contributed by atoms with E-state index in [0.29, 0.717) is 6.17 Å². The topological polar surface area (TPSA) is 15.4 Å². The van der Waals surface area contributed by atoms with Gasteiger partial charge in [-0.1, -0.05) is 20.8 Å². The molecule has 1 aliphatic rings. The van der Waals surface area contributed by atoms with Crippen LogP contribution in [0.5, 0.6) is 0 Å². The lowest BCUT2D eigenvalue weighted by atomic mass is 9.87. The summed E-state index contributed by atoms with van der Waals surface area (Å²) in [6.07, 6.45) is 0.319. The summed E-state index contributed by atoms with van der Waals surface area (Å²) in [6, 6.07) is 0. The number of hydrogen-bond donors (Lipinski definition) is 0. The van der Waals surface area contributed by atoms with Gasteiger partial charge in [-0.15, -0.1) is 0 Å². The third-order valence-corrected chi connectivity index (χ3v) is 2.46. The summed E-state index contributed by atoms with van der Waals surface area (Å²) < 4.78 is 2.22. The maximum absolute atomic E-state index is 4.63. The minimum absolute atomic E-state index is 0.184. The molecule has 1 rings (SSSR count). The van der Waals surface area contributed by atoms with Crippen molar-refractivity contribution >= 4 is 11.4 Å². The smallest absolute Gasteiger partial charge is 0.215 e. The number of rotatable bonds is 0. The average Bonchev–Trinajstić information content (AvgIpc) is 2.15. The number of nitrogens with zero attached hydrogens (tertiary/aromatic N) is 2. The van der Waals surface area contributed by atoms with Crippen LogP contribution in [0.2, 0.25) is 0 Å². The summed E-state index contributed by atoms with van der Waals surface area (Å²) in [5.41, 5.74) is 2.75. The summed E-state index contributed by atoms with van der Waals surface area (Å²) >= 11 is 0. The van der Waals surface area contributed by atoms with E-state index < -0.39 is 0 Å². The van der Waals surface area contributed by atoms with E-state index in [4.69, 9.17) is 0 Å². The Morgan fingerprint density at radius 2 is 1.83 bits per heavy atom. The van der Waals surface area contributed by atoms with Gasteiger partial charge >= 0.3 is 0 Å². The van der Waals surface area contributed by atoms with Gasteiger partial charge in [0.1, 0.15) is 12.8 Å². The second-order valence-electron chi connectivity index (χ2n) is 4.56. The van der Waals surface area contributed by atoms with E-state index in [1.165, 1.54) is 11.4 Å². The highest BCUT2D eigenvalue weighted by atomic mass is 15.2. The monoisotopic (exact) mass is 167 g/mol. The fourth-order valence-electron chi connectivity index (χ4n) is 1.55. The van der Waals surface area contributed by atoms with Gasteiger partial charge in [-0.25, -0.2) is 9.57 Å². The lowest BCUT2D eigenvalue weighted by molar-refractivity contribution is -0.526. The molecule has 2 nitrogen and oxygen atoms in total. The van der Waals surface area contributed by atoms with Crippen LogP contribution in [0, 0.1) is 5.41 Å². The normalized spacial score (nSPS) is 24.8. The van der Waals surface area contributed by atoms with Crippen LogP contribution in [0.3, 0.4) is 0 Å². The van der Waals surface area contributed by atoms with Gasteiger partial charge in [-0.2, -0.15) is 0 Å². The molecule has 0 aliphatic carbocycles. The maximum Gasteiger partial charge on any atom is 0.242 e. The van der Waals surface area contributed by atoms with Crippen LogP contribution in [0.1, 0.15) is 34.6 Å². The van der Waals surface area contributed by atoms with Crippen molar-refractivity contribution < 1.29 is 4.58 Å². The predicted molar refractivity (Wildman–Crippen MR) is 53.2 cm³/mol. The molecule has 1 atom stereocenters. The molecule has 0 saturated heterocycles. The van der Waals surface area contributed by atoms with Crippen molar-refractivity contribution in [3.8, 4) is 0 Å². The summed E-state index contributed by atoms with van der Waals surface area (Å²) in [5, 5.41) is 0. The maximum atomic E-state index is 4.63. The van der Waals surface area contributed by atoms with E-state index in [9.17, 15) is 0 Å². The summed E-state index contributed by atoms with van der Waals surface area (Å²) in [7, 11) is 2.10. The number of hydrogen-bond acceptors (Lipinski definition) is 1. The van der Waals surface area contributed by atoms with E-state index in [1.807, 2.05) is 0 Å². The standard InChI is InChI=1S/C10H19N2/c1-7-9(10(3,4)5)11-8(2)12(7)6/h8H,1-6H3/q+1. The zero-order chi connectivity index (χ0) is 9.52. The van der Waals surface area contributed by atoms with E-state index in [-0.39, 0.29) is 5.41 Å². The SMILES string of the molecule is CC1=[N+](C)C(C)N=C1C(C)(C)C. The molecule has 0 bridgehead atoms. The van der Waals surface area contributed by atoms with Gasteiger partial charge in [-0.3, -0.25) is 0 Å². The van der Waals surface area contributed by atoms with Crippen molar-refractivity contribution in [2.45, 2.75) is 40.8 Å². The fourth-order valence-corrected chi connectivity index (χ4v) is 1.55. The van der Waals surface area contributed by atoms with Crippen molar-refractivity contribution in [3.05, 3.63) is 0 Å². The van der Waals surface area contributed by atoms with E-state index >= 15 is 0 Å². The van der Waals surface area contributed by atoms with Crippen LogP contribution in [-0.2, 0) is 0 Å². The highest BCUT2D eigenvalue weighted by molar-refractivity contribution is 6.41. The van der Waals surface area contributed by atoms with E-state index in [1.54, 1.807) is 0 Å². The summed E-state index contributed by atoms with van der Waals surface area (Å²) in [5.74, 6) is 0. The van der Waals surface area contributed by atoms with Crippen molar-refractivity contribution in [1.82, 2.24) is 0 Å². The predicted octanol–water partition coefficient (Wildman–Crippen LogP) is 1.94. The Morgan fingerprint density at radius 3 is 2.00 bits per heavy atom. The quantitative estimate of drug-likeness (QED) is 0.490. The lowest BCUT2D eigenvalue weighted by Crippen LogP contribution is -2.28. The Balaban J connectivity index is 3.05. The molecule has 1 aliphatic heterocycles. The molecule has 0 N–H and O–H groups in total. The molecule has 1 unspecified atom stereocenters. The Kier molecular flexibility index (Phi) is 2.11. The number of aliphatic imine (C=N–C) groups is 1. The van der Waals surface area contributed by atoms with Gasteiger partial charge in [-0.05, 0) is 0 Å². The first-order valence-corrected chi connectivity index (χ1v) is 4.49. The van der Waals surface area contributed by atoms with Gasteiger partial charge in [0.2, 0.25) is 6.17 Å². The van der Waals surface area contributed by atoms with Crippen LogP contribution in [0.15, 0.2) is 4.99 Å². The van der Waals surface area contributed by atoms with Gasteiger partial charge in [0, 0.05) is 19.3 Å². The van der Waals surface area contributed by atoms with Crippen molar-refractivity contribution in [3.63, 3.8) is 0 Å². The van der Waals surface area contributed by atoms with Crippen molar-refractivity contribution in [1.29, 1.82) is 0 Å². The zero-order valence-electron chi connectivity index (χ0n) is 8.97. The van der Waals surface area contributed by atoms with E-state index in [2.05, 4.69) is 51.2 Å². The van der Waals surface area contributed by atoms with Gasteiger partial charge < -0.3 is 0 Å². The van der Waals surface area contributed by atoms with Crippen LogP contribution in [0.4, 0.5) is 0 Å². The molecule has 0 fully saturated rings. The van der Waals surface area contributed by atoms with Crippen LogP contribution in [-0.4, -0.2) is 29.2 Å². The molecular weight excluding hydrogens is 148 g/mol. The minimum atomic E-state index is 0.184. The van der Waals surface area contributed by atoms with Crippen molar-refractivity contribution in [2.75, 3.05) is 7.05 Å².